The number of rotatable bonds is 4. The van der Waals surface area contributed by atoms with Crippen LogP contribution in [0.3, 0.4) is 0 Å². The van der Waals surface area contributed by atoms with Crippen molar-refractivity contribution in [2.45, 2.75) is 30.5 Å². The fourth-order valence-electron chi connectivity index (χ4n) is 2.25. The van der Waals surface area contributed by atoms with Gasteiger partial charge >= 0.3 is 0 Å². The number of ether oxygens (including phenoxy) is 2. The number of hydrogen-bond acceptors (Lipinski definition) is 4. The minimum absolute atomic E-state index is 0.339. The van der Waals surface area contributed by atoms with Crippen molar-refractivity contribution in [3.05, 3.63) is 29.3 Å². The van der Waals surface area contributed by atoms with Crippen molar-refractivity contribution in [3.8, 4) is 17.6 Å². The molecule has 4 heteroatoms. The highest BCUT2D eigenvalue weighted by Crippen LogP contribution is 2.32. The van der Waals surface area contributed by atoms with Crippen LogP contribution >= 0.6 is 11.8 Å². The van der Waals surface area contributed by atoms with E-state index in [2.05, 4.69) is 24.8 Å². The van der Waals surface area contributed by atoms with Crippen molar-refractivity contribution >= 4 is 11.8 Å². The van der Waals surface area contributed by atoms with Gasteiger partial charge in [-0.15, -0.1) is 0 Å². The molecule has 1 aliphatic rings. The summed E-state index contributed by atoms with van der Waals surface area (Å²) in [6.07, 6.45) is 1.46. The van der Waals surface area contributed by atoms with Gasteiger partial charge in [0.1, 0.15) is 5.75 Å². The quantitative estimate of drug-likeness (QED) is 0.865. The van der Waals surface area contributed by atoms with Crippen LogP contribution in [0.5, 0.6) is 5.75 Å². The fourth-order valence-corrected chi connectivity index (χ4v) is 3.48. The molecule has 3 nitrogen and oxygen atoms in total. The summed E-state index contributed by atoms with van der Waals surface area (Å²) in [5.74, 6) is 7.79. The predicted octanol–water partition coefficient (Wildman–Crippen LogP) is 2.42. The average molecular weight is 291 g/mol. The first-order valence-electron chi connectivity index (χ1n) is 6.83. The Morgan fingerprint density at radius 3 is 3.00 bits per heavy atom. The minimum Gasteiger partial charge on any atom is -0.496 e. The monoisotopic (exact) mass is 291 g/mol. The van der Waals surface area contributed by atoms with Crippen LogP contribution in [0.1, 0.15) is 24.5 Å². The summed E-state index contributed by atoms with van der Waals surface area (Å²) in [4.78, 5) is 0. The van der Waals surface area contributed by atoms with Crippen LogP contribution in [0.4, 0.5) is 0 Å². The Labute approximate surface area is 125 Å². The third-order valence-corrected chi connectivity index (χ3v) is 4.90. The minimum atomic E-state index is 0.339. The normalized spacial score (nSPS) is 21.4. The molecule has 0 aliphatic carbocycles. The zero-order valence-electron chi connectivity index (χ0n) is 12.0. The maximum atomic E-state index is 5.60. The number of thioether (sulfide) groups is 1. The lowest BCUT2D eigenvalue weighted by molar-refractivity contribution is 0.127. The Morgan fingerprint density at radius 2 is 2.35 bits per heavy atom. The van der Waals surface area contributed by atoms with E-state index in [9.17, 15) is 0 Å². The maximum absolute atomic E-state index is 5.60. The second kappa shape index (κ2) is 7.58. The molecule has 2 rings (SSSR count). The Morgan fingerprint density at radius 1 is 1.50 bits per heavy atom. The molecule has 1 aliphatic heterocycles. The first-order valence-corrected chi connectivity index (χ1v) is 7.88. The van der Waals surface area contributed by atoms with Crippen molar-refractivity contribution in [2.24, 2.45) is 5.73 Å². The molecule has 0 spiro atoms. The summed E-state index contributed by atoms with van der Waals surface area (Å²) in [6.45, 7) is 3.40. The van der Waals surface area contributed by atoms with E-state index in [-0.39, 0.29) is 0 Å². The number of benzene rings is 1. The van der Waals surface area contributed by atoms with Gasteiger partial charge in [-0.2, -0.15) is 11.8 Å². The zero-order valence-corrected chi connectivity index (χ0v) is 12.8. The molecule has 1 fully saturated rings. The summed E-state index contributed by atoms with van der Waals surface area (Å²) >= 11 is 1.93. The van der Waals surface area contributed by atoms with Crippen LogP contribution in [0.15, 0.2) is 18.2 Å². The van der Waals surface area contributed by atoms with Crippen LogP contribution in [-0.2, 0) is 10.5 Å². The lowest BCUT2D eigenvalue weighted by Gasteiger charge is -2.15. The third kappa shape index (κ3) is 3.92. The second-order valence-electron chi connectivity index (χ2n) is 4.75. The molecule has 0 saturated carbocycles. The number of nitrogens with two attached hydrogens (primary N) is 1. The van der Waals surface area contributed by atoms with E-state index in [0.29, 0.717) is 17.9 Å². The van der Waals surface area contributed by atoms with Gasteiger partial charge in [-0.05, 0) is 31.5 Å². The highest BCUT2D eigenvalue weighted by molar-refractivity contribution is 7.99. The lowest BCUT2D eigenvalue weighted by atomic mass is 10.1. The summed E-state index contributed by atoms with van der Waals surface area (Å²) in [5.41, 5.74) is 7.58. The molecular weight excluding hydrogens is 270 g/mol. The number of hydrogen-bond donors (Lipinski definition) is 1. The van der Waals surface area contributed by atoms with Crippen molar-refractivity contribution in [2.75, 3.05) is 20.3 Å². The van der Waals surface area contributed by atoms with Gasteiger partial charge in [-0.1, -0.05) is 11.8 Å². The molecule has 1 aromatic rings. The van der Waals surface area contributed by atoms with E-state index in [4.69, 9.17) is 15.2 Å². The van der Waals surface area contributed by atoms with Gasteiger partial charge in [-0.25, -0.2) is 0 Å². The third-order valence-electron chi connectivity index (χ3n) is 3.37. The van der Waals surface area contributed by atoms with Gasteiger partial charge in [0.2, 0.25) is 0 Å². The molecule has 2 atom stereocenters. The summed E-state index contributed by atoms with van der Waals surface area (Å²) in [6, 6.07) is 6.04. The summed E-state index contributed by atoms with van der Waals surface area (Å²) < 4.78 is 11.0. The molecule has 0 bridgehead atoms. The predicted molar refractivity (Wildman–Crippen MR) is 84.0 cm³/mol. The van der Waals surface area contributed by atoms with E-state index in [1.165, 1.54) is 5.56 Å². The molecule has 1 saturated heterocycles. The molecule has 2 N–H and O–H groups in total. The first-order chi connectivity index (χ1) is 9.74. The Kier molecular flexibility index (Phi) is 5.78. The molecule has 0 radical (unpaired) electrons. The van der Waals surface area contributed by atoms with E-state index in [1.54, 1.807) is 7.11 Å². The van der Waals surface area contributed by atoms with Gasteiger partial charge in [0.15, 0.2) is 0 Å². The molecule has 20 heavy (non-hydrogen) atoms. The smallest absolute Gasteiger partial charge is 0.122 e. The Hall–Kier alpha value is -1.15. The van der Waals surface area contributed by atoms with Gasteiger partial charge in [0, 0.05) is 28.7 Å². The second-order valence-corrected chi connectivity index (χ2v) is 5.97. The summed E-state index contributed by atoms with van der Waals surface area (Å²) in [5, 5.41) is 0.568. The SMILES string of the molecule is COc1ccc(C#CCN)cc1CSC1CCOC1C. The van der Waals surface area contributed by atoms with Crippen molar-refractivity contribution < 1.29 is 9.47 Å². The van der Waals surface area contributed by atoms with Gasteiger partial charge in [0.05, 0.1) is 19.8 Å². The molecule has 108 valence electrons. The zero-order chi connectivity index (χ0) is 14.4. The fraction of sp³-hybridized carbons (Fsp3) is 0.500. The molecule has 1 aromatic carbocycles. The van der Waals surface area contributed by atoms with Crippen LogP contribution in [-0.4, -0.2) is 31.6 Å². The van der Waals surface area contributed by atoms with Gasteiger partial charge in [-0.3, -0.25) is 0 Å². The lowest BCUT2D eigenvalue weighted by Crippen LogP contribution is -2.13. The van der Waals surface area contributed by atoms with Crippen LogP contribution < -0.4 is 10.5 Å². The standard InChI is InChI=1S/C16H21NO2S/c1-12-16(7-9-19-12)20-11-14-10-13(4-3-8-17)5-6-15(14)18-2/h5-6,10,12,16H,7-9,11,17H2,1-2H3. The first kappa shape index (κ1) is 15.2. The van der Waals surface area contributed by atoms with Crippen molar-refractivity contribution in [3.63, 3.8) is 0 Å². The Bertz CT molecular complexity index is 507. The van der Waals surface area contributed by atoms with Crippen LogP contribution in [0, 0.1) is 11.8 Å². The molecule has 2 unspecified atom stereocenters. The van der Waals surface area contributed by atoms with Crippen LogP contribution in [0.2, 0.25) is 0 Å². The van der Waals surface area contributed by atoms with Gasteiger partial charge in [0.25, 0.3) is 0 Å². The highest BCUT2D eigenvalue weighted by Gasteiger charge is 2.24. The maximum Gasteiger partial charge on any atom is 0.122 e. The molecule has 0 aromatic heterocycles. The molecular formula is C16H21NO2S. The Balaban J connectivity index is 2.07. The van der Waals surface area contributed by atoms with E-state index < -0.39 is 0 Å². The van der Waals surface area contributed by atoms with E-state index >= 15 is 0 Å². The molecule has 1 heterocycles. The average Bonchev–Trinajstić information content (AvgIpc) is 2.88. The van der Waals surface area contributed by atoms with Crippen LogP contribution in [0.25, 0.3) is 0 Å². The molecule has 0 amide bonds. The largest absolute Gasteiger partial charge is 0.496 e. The van der Waals surface area contributed by atoms with E-state index in [1.807, 2.05) is 23.9 Å². The highest BCUT2D eigenvalue weighted by atomic mass is 32.2. The van der Waals surface area contributed by atoms with Gasteiger partial charge < -0.3 is 15.2 Å². The van der Waals surface area contributed by atoms with E-state index in [0.717, 1.165) is 30.1 Å². The van der Waals surface area contributed by atoms with Crippen molar-refractivity contribution in [1.29, 1.82) is 0 Å². The number of methoxy groups -OCH3 is 1. The van der Waals surface area contributed by atoms with Crippen molar-refractivity contribution in [1.82, 2.24) is 0 Å². The summed E-state index contributed by atoms with van der Waals surface area (Å²) in [7, 11) is 1.70. The topological polar surface area (TPSA) is 44.5 Å².